The number of allylic oxidation sites excluding steroid dienone is 1. The first-order valence-electron chi connectivity index (χ1n) is 16.3. The fraction of sp³-hybridized carbons (Fsp3) is 0.556. The largest absolute Gasteiger partial charge is 0.508 e. The second kappa shape index (κ2) is 20.6. The molecule has 0 radical (unpaired) electrons. The van der Waals surface area contributed by atoms with E-state index in [2.05, 4.69) is 72.0 Å². The van der Waals surface area contributed by atoms with Crippen LogP contribution in [0.5, 0.6) is 5.75 Å². The minimum Gasteiger partial charge on any atom is -0.508 e. The minimum absolute atomic E-state index is 0.0211. The van der Waals surface area contributed by atoms with Crippen molar-refractivity contribution in [3.05, 3.63) is 77.0 Å². The van der Waals surface area contributed by atoms with Crippen molar-refractivity contribution in [3.63, 3.8) is 0 Å². The summed E-state index contributed by atoms with van der Waals surface area (Å²) < 4.78 is 0. The molecule has 3 rings (SSSR count). The molecule has 0 aliphatic heterocycles. The van der Waals surface area contributed by atoms with Crippen LogP contribution < -0.4 is 16.0 Å². The molecule has 0 heterocycles. The first kappa shape index (κ1) is 35.9. The van der Waals surface area contributed by atoms with Gasteiger partial charge in [0.05, 0.1) is 13.1 Å². The van der Waals surface area contributed by atoms with Crippen molar-refractivity contribution in [1.82, 2.24) is 20.9 Å². The molecule has 1 aliphatic carbocycles. The smallest absolute Gasteiger partial charge is 0.239 e. The predicted octanol–water partition coefficient (Wildman–Crippen LogP) is 5.90. The lowest BCUT2D eigenvalue weighted by Gasteiger charge is -2.30. The predicted molar refractivity (Wildman–Crippen MR) is 178 cm³/mol. The molecule has 1 aliphatic rings. The summed E-state index contributed by atoms with van der Waals surface area (Å²) in [4.78, 5) is 26.9. The first-order valence-corrected chi connectivity index (χ1v) is 16.3. The van der Waals surface area contributed by atoms with Crippen LogP contribution in [0.2, 0.25) is 0 Å². The van der Waals surface area contributed by atoms with Crippen LogP contribution in [0, 0.1) is 12.8 Å². The quantitative estimate of drug-likeness (QED) is 0.162. The summed E-state index contributed by atoms with van der Waals surface area (Å²) in [5.74, 6) is 0.744. The van der Waals surface area contributed by atoms with Crippen molar-refractivity contribution in [2.75, 3.05) is 33.2 Å². The molecule has 0 bridgehead atoms. The second-order valence-corrected chi connectivity index (χ2v) is 11.6. The third-order valence-corrected chi connectivity index (χ3v) is 7.52. The van der Waals surface area contributed by atoms with E-state index in [9.17, 15) is 9.59 Å². The van der Waals surface area contributed by atoms with Crippen molar-refractivity contribution in [2.24, 2.45) is 5.92 Å². The molecule has 1 atom stereocenters. The van der Waals surface area contributed by atoms with Gasteiger partial charge in [-0.3, -0.25) is 9.59 Å². The van der Waals surface area contributed by atoms with Crippen LogP contribution in [0.15, 0.2) is 60.3 Å². The number of nitrogens with zero attached hydrogens (tertiary/aromatic N) is 1. The number of benzene rings is 2. The van der Waals surface area contributed by atoms with E-state index in [1.165, 1.54) is 29.7 Å². The third-order valence-electron chi connectivity index (χ3n) is 7.52. The van der Waals surface area contributed by atoms with Gasteiger partial charge in [-0.1, -0.05) is 76.1 Å². The first-order chi connectivity index (χ1) is 20.8. The van der Waals surface area contributed by atoms with Crippen LogP contribution in [0.4, 0.5) is 0 Å². The molecular formula is C36H56N4O3. The number of unbranched alkanes of at least 4 members (excludes halogenated alkanes) is 1. The molecule has 2 aromatic carbocycles. The van der Waals surface area contributed by atoms with E-state index >= 15 is 0 Å². The second-order valence-electron chi connectivity index (χ2n) is 11.6. The Balaban J connectivity index is 0.000000694. The van der Waals surface area contributed by atoms with Gasteiger partial charge in [-0.15, -0.1) is 0 Å². The number of phenolic OH excluding ortho intramolecular Hbond substituents is 1. The lowest BCUT2D eigenvalue weighted by atomic mass is 9.99. The normalized spacial score (nSPS) is 13.5. The van der Waals surface area contributed by atoms with E-state index in [0.717, 1.165) is 57.1 Å². The van der Waals surface area contributed by atoms with Crippen LogP contribution in [-0.4, -0.2) is 61.1 Å². The Hall–Kier alpha value is -3.32. The summed E-state index contributed by atoms with van der Waals surface area (Å²) in [6.45, 7) is 10.4. The van der Waals surface area contributed by atoms with Gasteiger partial charge in [-0.05, 0) is 93.2 Å². The van der Waals surface area contributed by atoms with Crippen molar-refractivity contribution in [2.45, 2.75) is 91.5 Å². The van der Waals surface area contributed by atoms with Gasteiger partial charge in [-0.25, -0.2) is 0 Å². The SMILES string of the molecule is CCC/C=C(/C(NCCC)C1CC1)N(C)CC(=O)NCC(=O)NCCCc1ccccc1CCC.Cc1cccc(O)c1. The molecule has 0 aromatic heterocycles. The highest BCUT2D eigenvalue weighted by molar-refractivity contribution is 5.85. The number of rotatable bonds is 18. The summed E-state index contributed by atoms with van der Waals surface area (Å²) in [6, 6.07) is 16.0. The van der Waals surface area contributed by atoms with E-state index in [1.807, 2.05) is 26.1 Å². The number of phenols is 1. The molecule has 2 aromatic rings. The number of nitrogens with one attached hydrogen (secondary N) is 3. The zero-order chi connectivity index (χ0) is 31.5. The number of hydrogen-bond donors (Lipinski definition) is 4. The molecule has 43 heavy (non-hydrogen) atoms. The Kier molecular flexibility index (Phi) is 17.2. The monoisotopic (exact) mass is 592 g/mol. The number of carbonyl (C=O) groups excluding carboxylic acids is 2. The highest BCUT2D eigenvalue weighted by Gasteiger charge is 2.34. The summed E-state index contributed by atoms with van der Waals surface area (Å²) in [5.41, 5.74) is 5.07. The van der Waals surface area contributed by atoms with Crippen LogP contribution in [0.25, 0.3) is 0 Å². The van der Waals surface area contributed by atoms with E-state index in [1.54, 1.807) is 12.1 Å². The van der Waals surface area contributed by atoms with Crippen LogP contribution in [-0.2, 0) is 22.4 Å². The fourth-order valence-electron chi connectivity index (χ4n) is 5.11. The molecule has 238 valence electrons. The van der Waals surface area contributed by atoms with Crippen molar-refractivity contribution >= 4 is 11.8 Å². The summed E-state index contributed by atoms with van der Waals surface area (Å²) in [6.07, 6.45) is 12.0. The summed E-state index contributed by atoms with van der Waals surface area (Å²) >= 11 is 0. The average molecular weight is 593 g/mol. The van der Waals surface area contributed by atoms with Crippen molar-refractivity contribution in [3.8, 4) is 5.75 Å². The van der Waals surface area contributed by atoms with Crippen molar-refractivity contribution < 1.29 is 14.7 Å². The van der Waals surface area contributed by atoms with Gasteiger partial charge in [0.15, 0.2) is 0 Å². The third kappa shape index (κ3) is 14.6. The molecule has 1 fully saturated rings. The number of hydrogen-bond acceptors (Lipinski definition) is 5. The Morgan fingerprint density at radius 2 is 1.65 bits per heavy atom. The number of likely N-dealkylation sites (N-methyl/N-ethyl adjacent to an activating group) is 1. The maximum absolute atomic E-state index is 12.6. The molecule has 1 unspecified atom stereocenters. The Morgan fingerprint density at radius 3 is 2.23 bits per heavy atom. The Morgan fingerprint density at radius 1 is 0.930 bits per heavy atom. The van der Waals surface area contributed by atoms with E-state index in [4.69, 9.17) is 5.11 Å². The van der Waals surface area contributed by atoms with Crippen molar-refractivity contribution in [1.29, 1.82) is 0 Å². The van der Waals surface area contributed by atoms with Crippen LogP contribution >= 0.6 is 0 Å². The summed E-state index contributed by atoms with van der Waals surface area (Å²) in [7, 11) is 1.99. The molecule has 1 saturated carbocycles. The zero-order valence-corrected chi connectivity index (χ0v) is 27.3. The standard InChI is InChI=1S/C29H48N4O2.C7H8O/c1-5-8-16-26(29(25-17-18-25)31-19-7-3)33(4)22-28(35)32-21-27(34)30-20-11-15-24-14-10-9-13-23(24)12-6-2;1-6-3-2-4-7(8)5-6/h9-10,13-14,16,25,29,31H,5-8,11-12,15,17-22H2,1-4H3,(H,30,34)(H,32,35);2-5,8H,1H3/b26-16-;. The highest BCUT2D eigenvalue weighted by atomic mass is 16.3. The Bertz CT molecular complexity index is 1110. The number of aromatic hydroxyl groups is 1. The van der Waals surface area contributed by atoms with Crippen LogP contribution in [0.3, 0.4) is 0 Å². The van der Waals surface area contributed by atoms with Gasteiger partial charge in [0.2, 0.25) is 11.8 Å². The van der Waals surface area contributed by atoms with Crippen LogP contribution in [0.1, 0.15) is 82.4 Å². The molecule has 2 amide bonds. The lowest BCUT2D eigenvalue weighted by molar-refractivity contribution is -0.126. The number of carbonyl (C=O) groups is 2. The number of amides is 2. The van der Waals surface area contributed by atoms with Gasteiger partial charge in [0, 0.05) is 25.3 Å². The van der Waals surface area contributed by atoms with E-state index < -0.39 is 0 Å². The summed E-state index contributed by atoms with van der Waals surface area (Å²) in [5, 5.41) is 18.2. The van der Waals surface area contributed by atoms with Gasteiger partial charge in [-0.2, -0.15) is 0 Å². The lowest BCUT2D eigenvalue weighted by Crippen LogP contribution is -2.45. The molecule has 0 saturated heterocycles. The number of aryl methyl sites for hydroxylation is 3. The highest BCUT2D eigenvalue weighted by Crippen LogP contribution is 2.36. The molecule has 4 N–H and O–H groups in total. The Labute approximate surface area is 260 Å². The maximum atomic E-state index is 12.6. The van der Waals surface area contributed by atoms with E-state index in [-0.39, 0.29) is 24.9 Å². The molecule has 7 nitrogen and oxygen atoms in total. The minimum atomic E-state index is -0.134. The van der Waals surface area contributed by atoms with Gasteiger partial charge in [0.1, 0.15) is 5.75 Å². The van der Waals surface area contributed by atoms with Gasteiger partial charge < -0.3 is 26.0 Å². The van der Waals surface area contributed by atoms with E-state index in [0.29, 0.717) is 24.3 Å². The fourth-order valence-corrected chi connectivity index (χ4v) is 5.11. The zero-order valence-electron chi connectivity index (χ0n) is 27.3. The average Bonchev–Trinajstić information content (AvgIpc) is 3.82. The van der Waals surface area contributed by atoms with Gasteiger partial charge in [0.25, 0.3) is 0 Å². The molecule has 0 spiro atoms. The molecule has 7 heteroatoms. The topological polar surface area (TPSA) is 93.7 Å². The molecular weight excluding hydrogens is 536 g/mol. The maximum Gasteiger partial charge on any atom is 0.239 e. The van der Waals surface area contributed by atoms with Gasteiger partial charge >= 0.3 is 0 Å².